The fraction of sp³-hybridized carbons (Fsp3) is 0.417. The van der Waals surface area contributed by atoms with Gasteiger partial charge in [-0.3, -0.25) is 14.5 Å². The highest BCUT2D eigenvalue weighted by atomic mass is 16.3. The summed E-state index contributed by atoms with van der Waals surface area (Å²) in [5.41, 5.74) is 2.13. The van der Waals surface area contributed by atoms with Crippen molar-refractivity contribution < 1.29 is 13.6 Å². The van der Waals surface area contributed by atoms with Crippen molar-refractivity contribution in [3.05, 3.63) is 69.0 Å². The van der Waals surface area contributed by atoms with Crippen LogP contribution in [0.4, 0.5) is 0 Å². The van der Waals surface area contributed by atoms with Crippen LogP contribution >= 0.6 is 0 Å². The van der Waals surface area contributed by atoms with Crippen LogP contribution in [0.5, 0.6) is 0 Å². The number of carbonyl (C=O) groups excluding carboxylic acids is 1. The van der Waals surface area contributed by atoms with Crippen LogP contribution in [0.2, 0.25) is 0 Å². The Bertz CT molecular complexity index is 1160. The summed E-state index contributed by atoms with van der Waals surface area (Å²) in [6.45, 7) is 9.82. The zero-order chi connectivity index (χ0) is 22.1. The van der Waals surface area contributed by atoms with Crippen LogP contribution in [0.25, 0.3) is 11.0 Å². The van der Waals surface area contributed by atoms with Crippen molar-refractivity contribution in [2.75, 3.05) is 39.8 Å². The van der Waals surface area contributed by atoms with Gasteiger partial charge in [0.15, 0.2) is 11.2 Å². The smallest absolute Gasteiger partial charge is 0.287 e. The van der Waals surface area contributed by atoms with Crippen molar-refractivity contribution in [1.29, 1.82) is 0 Å². The van der Waals surface area contributed by atoms with Gasteiger partial charge in [0, 0.05) is 38.8 Å². The molecule has 2 aromatic heterocycles. The van der Waals surface area contributed by atoms with Crippen LogP contribution in [-0.2, 0) is 0 Å². The molecule has 7 nitrogen and oxygen atoms in total. The Labute approximate surface area is 181 Å². The van der Waals surface area contributed by atoms with Crippen LogP contribution in [-0.4, -0.2) is 55.5 Å². The number of aryl methyl sites for hydroxylation is 3. The third-order valence-electron chi connectivity index (χ3n) is 6.16. The van der Waals surface area contributed by atoms with Gasteiger partial charge in [0.25, 0.3) is 5.91 Å². The van der Waals surface area contributed by atoms with Crippen molar-refractivity contribution in [3.63, 3.8) is 0 Å². The number of nitrogens with one attached hydrogen (secondary N) is 1. The van der Waals surface area contributed by atoms with E-state index >= 15 is 0 Å². The van der Waals surface area contributed by atoms with Crippen molar-refractivity contribution in [2.24, 2.45) is 0 Å². The molecule has 0 bridgehead atoms. The maximum absolute atomic E-state index is 12.9. The minimum atomic E-state index is -0.401. The number of likely N-dealkylation sites (N-methyl/N-ethyl adjacent to an activating group) is 1. The third-order valence-corrected chi connectivity index (χ3v) is 6.16. The van der Waals surface area contributed by atoms with Gasteiger partial charge in [0.2, 0.25) is 0 Å². The normalized spacial score (nSPS) is 16.5. The molecule has 1 fully saturated rings. The molecule has 1 aromatic carbocycles. The Kier molecular flexibility index (Phi) is 5.98. The van der Waals surface area contributed by atoms with Gasteiger partial charge in [-0.1, -0.05) is 6.07 Å². The molecule has 164 valence electrons. The summed E-state index contributed by atoms with van der Waals surface area (Å²) in [7, 11) is 2.11. The Hall–Kier alpha value is -2.90. The van der Waals surface area contributed by atoms with Crippen LogP contribution < -0.4 is 10.7 Å². The number of furan rings is 1. The van der Waals surface area contributed by atoms with E-state index in [2.05, 4.69) is 22.2 Å². The van der Waals surface area contributed by atoms with Crippen molar-refractivity contribution in [1.82, 2.24) is 15.1 Å². The van der Waals surface area contributed by atoms with E-state index in [1.165, 1.54) is 6.07 Å². The third kappa shape index (κ3) is 4.43. The van der Waals surface area contributed by atoms with E-state index in [1.54, 1.807) is 6.07 Å². The number of fused-ring (bicyclic) bond motifs is 1. The molecule has 1 aliphatic heterocycles. The maximum Gasteiger partial charge on any atom is 0.287 e. The molecule has 0 unspecified atom stereocenters. The van der Waals surface area contributed by atoms with Gasteiger partial charge in [-0.15, -0.1) is 0 Å². The lowest BCUT2D eigenvalue weighted by Crippen LogP contribution is -2.48. The molecule has 0 aliphatic carbocycles. The SMILES string of the molecule is Cc1ccc([C@@H](CNC(=O)c2cc(=O)c3ccc(C)c(C)c3o2)N2CCN(C)CC2)o1. The lowest BCUT2D eigenvalue weighted by Gasteiger charge is -2.37. The molecule has 1 atom stereocenters. The molecule has 3 heterocycles. The molecular formula is C24H29N3O4. The number of benzene rings is 1. The number of rotatable bonds is 5. The fourth-order valence-electron chi connectivity index (χ4n) is 4.02. The van der Waals surface area contributed by atoms with Crippen molar-refractivity contribution in [2.45, 2.75) is 26.8 Å². The second kappa shape index (κ2) is 8.69. The number of nitrogens with zero attached hydrogens (tertiary/aromatic N) is 2. The van der Waals surface area contributed by atoms with E-state index in [1.807, 2.05) is 39.0 Å². The van der Waals surface area contributed by atoms with E-state index in [-0.39, 0.29) is 17.2 Å². The number of hydrogen-bond acceptors (Lipinski definition) is 6. The van der Waals surface area contributed by atoms with Gasteiger partial charge in [0.1, 0.15) is 17.1 Å². The molecule has 1 aliphatic rings. The number of hydrogen-bond donors (Lipinski definition) is 1. The summed E-state index contributed by atoms with van der Waals surface area (Å²) < 4.78 is 11.8. The monoisotopic (exact) mass is 423 g/mol. The summed E-state index contributed by atoms with van der Waals surface area (Å²) in [4.78, 5) is 30.1. The molecule has 31 heavy (non-hydrogen) atoms. The average Bonchev–Trinajstić information content (AvgIpc) is 3.18. The predicted octanol–water partition coefficient (Wildman–Crippen LogP) is 3.03. The highest BCUT2D eigenvalue weighted by Crippen LogP contribution is 2.24. The van der Waals surface area contributed by atoms with Crippen molar-refractivity contribution >= 4 is 16.9 Å². The zero-order valence-electron chi connectivity index (χ0n) is 18.5. The summed E-state index contributed by atoms with van der Waals surface area (Å²) >= 11 is 0. The Morgan fingerprint density at radius 3 is 2.48 bits per heavy atom. The highest BCUT2D eigenvalue weighted by molar-refractivity contribution is 5.93. The molecule has 0 saturated carbocycles. The molecule has 1 saturated heterocycles. The molecule has 1 amide bonds. The predicted molar refractivity (Wildman–Crippen MR) is 120 cm³/mol. The summed E-state index contributed by atoms with van der Waals surface area (Å²) in [6, 6.07) is 8.73. The number of amides is 1. The molecule has 4 rings (SSSR count). The fourth-order valence-corrected chi connectivity index (χ4v) is 4.02. The molecule has 0 radical (unpaired) electrons. The Morgan fingerprint density at radius 1 is 1.06 bits per heavy atom. The van der Waals surface area contributed by atoms with E-state index in [0.29, 0.717) is 17.5 Å². The van der Waals surface area contributed by atoms with Gasteiger partial charge >= 0.3 is 0 Å². The van der Waals surface area contributed by atoms with Crippen LogP contribution in [0.3, 0.4) is 0 Å². The lowest BCUT2D eigenvalue weighted by molar-refractivity contribution is 0.0830. The lowest BCUT2D eigenvalue weighted by atomic mass is 10.1. The largest absolute Gasteiger partial charge is 0.465 e. The van der Waals surface area contributed by atoms with Gasteiger partial charge in [0.05, 0.1) is 11.4 Å². The molecule has 7 heteroatoms. The van der Waals surface area contributed by atoms with Gasteiger partial charge in [-0.2, -0.15) is 0 Å². The van der Waals surface area contributed by atoms with Crippen LogP contribution in [0.15, 0.2) is 44.0 Å². The van der Waals surface area contributed by atoms with E-state index in [9.17, 15) is 9.59 Å². The first kappa shape index (κ1) is 21.3. The van der Waals surface area contributed by atoms with E-state index in [4.69, 9.17) is 8.83 Å². The second-order valence-electron chi connectivity index (χ2n) is 8.37. The quantitative estimate of drug-likeness (QED) is 0.680. The standard InChI is InChI=1S/C24H29N3O4/c1-15-5-7-18-20(28)13-22(31-23(18)17(15)3)24(29)25-14-19(21-8-6-16(2)30-21)27-11-9-26(4)10-12-27/h5-8,13,19H,9-12,14H2,1-4H3,(H,25,29)/t19-/m1/s1. The van der Waals surface area contributed by atoms with Crippen LogP contribution in [0.1, 0.15) is 39.2 Å². The Morgan fingerprint density at radius 2 is 1.81 bits per heavy atom. The minimum Gasteiger partial charge on any atom is -0.465 e. The topological polar surface area (TPSA) is 78.9 Å². The van der Waals surface area contributed by atoms with Gasteiger partial charge in [-0.25, -0.2) is 0 Å². The first-order chi connectivity index (χ1) is 14.8. The first-order valence-corrected chi connectivity index (χ1v) is 10.6. The Balaban J connectivity index is 1.56. The average molecular weight is 424 g/mol. The highest BCUT2D eigenvalue weighted by Gasteiger charge is 2.27. The molecule has 3 aromatic rings. The van der Waals surface area contributed by atoms with Gasteiger partial charge in [-0.05, 0) is 57.1 Å². The first-order valence-electron chi connectivity index (χ1n) is 10.6. The van der Waals surface area contributed by atoms with Gasteiger partial charge < -0.3 is 19.1 Å². The number of piperazine rings is 1. The minimum absolute atomic E-state index is 0.0268. The van der Waals surface area contributed by atoms with E-state index < -0.39 is 5.91 Å². The maximum atomic E-state index is 12.9. The number of carbonyl (C=O) groups is 1. The second-order valence-corrected chi connectivity index (χ2v) is 8.37. The summed E-state index contributed by atoms with van der Waals surface area (Å²) in [6.07, 6.45) is 0. The molecule has 0 spiro atoms. The van der Waals surface area contributed by atoms with Crippen LogP contribution in [0, 0.1) is 20.8 Å². The van der Waals surface area contributed by atoms with Crippen molar-refractivity contribution in [3.8, 4) is 0 Å². The summed E-state index contributed by atoms with van der Waals surface area (Å²) in [5.74, 6) is 1.29. The molecule has 1 N–H and O–H groups in total. The van der Waals surface area contributed by atoms with E-state index in [0.717, 1.165) is 48.8 Å². The zero-order valence-corrected chi connectivity index (χ0v) is 18.5. The molecular weight excluding hydrogens is 394 g/mol. The summed E-state index contributed by atoms with van der Waals surface area (Å²) in [5, 5.41) is 3.44.